The minimum absolute atomic E-state index is 0.937. The van der Waals surface area contributed by atoms with Crippen molar-refractivity contribution >= 4 is 11.8 Å². The second-order valence-corrected chi connectivity index (χ2v) is 6.41. The summed E-state index contributed by atoms with van der Waals surface area (Å²) >= 11 is 1.70. The highest BCUT2D eigenvalue weighted by atomic mass is 32.2. The summed E-state index contributed by atoms with van der Waals surface area (Å²) in [7, 11) is 3.45. The molecule has 0 aliphatic carbocycles. The molecule has 0 amide bonds. The summed E-state index contributed by atoms with van der Waals surface area (Å²) in [5.41, 5.74) is 4.78. The molecule has 0 fully saturated rings. The standard InChI is InChI=1S/C18H22O2S/c1-11-7-13(3)17(19-5)15(9-11)21-16-10-12(2)8-14(4)18(16)20-6/h7-10H,1-6H3. The Labute approximate surface area is 131 Å². The van der Waals surface area contributed by atoms with Crippen LogP contribution in [0, 0.1) is 27.7 Å². The van der Waals surface area contributed by atoms with Crippen LogP contribution in [0.2, 0.25) is 0 Å². The number of ether oxygens (including phenoxy) is 2. The lowest BCUT2D eigenvalue weighted by molar-refractivity contribution is 0.399. The lowest BCUT2D eigenvalue weighted by Crippen LogP contribution is -1.94. The van der Waals surface area contributed by atoms with Crippen LogP contribution in [0.1, 0.15) is 22.3 Å². The predicted octanol–water partition coefficient (Wildman–Crippen LogP) is 5.09. The van der Waals surface area contributed by atoms with E-state index in [1.165, 1.54) is 11.1 Å². The molecule has 2 nitrogen and oxygen atoms in total. The fourth-order valence-electron chi connectivity index (χ4n) is 2.62. The lowest BCUT2D eigenvalue weighted by atomic mass is 10.1. The van der Waals surface area contributed by atoms with Gasteiger partial charge in [-0.1, -0.05) is 23.9 Å². The van der Waals surface area contributed by atoms with Crippen LogP contribution in [0.5, 0.6) is 11.5 Å². The van der Waals surface area contributed by atoms with Crippen molar-refractivity contribution < 1.29 is 9.47 Å². The fourth-order valence-corrected chi connectivity index (χ4v) is 4.02. The Balaban J connectivity index is 2.52. The summed E-state index contributed by atoms with van der Waals surface area (Å²) in [4.78, 5) is 2.25. The van der Waals surface area contributed by atoms with E-state index in [1.807, 2.05) is 0 Å². The molecule has 112 valence electrons. The first-order valence-electron chi connectivity index (χ1n) is 6.94. The van der Waals surface area contributed by atoms with Crippen molar-refractivity contribution in [1.82, 2.24) is 0 Å². The van der Waals surface area contributed by atoms with Crippen LogP contribution in [0.4, 0.5) is 0 Å². The zero-order chi connectivity index (χ0) is 15.6. The summed E-state index contributed by atoms with van der Waals surface area (Å²) in [5, 5.41) is 0. The van der Waals surface area contributed by atoms with Crippen molar-refractivity contribution in [3.63, 3.8) is 0 Å². The van der Waals surface area contributed by atoms with E-state index in [2.05, 4.69) is 52.0 Å². The fraction of sp³-hybridized carbons (Fsp3) is 0.333. The van der Waals surface area contributed by atoms with Crippen molar-refractivity contribution in [2.75, 3.05) is 14.2 Å². The summed E-state index contributed by atoms with van der Waals surface area (Å²) in [6.07, 6.45) is 0. The first-order valence-corrected chi connectivity index (χ1v) is 7.76. The molecule has 0 spiro atoms. The Morgan fingerprint density at radius 3 is 1.38 bits per heavy atom. The Morgan fingerprint density at radius 2 is 1.05 bits per heavy atom. The molecule has 2 aromatic rings. The van der Waals surface area contributed by atoms with Crippen LogP contribution in [-0.4, -0.2) is 14.2 Å². The molecule has 0 aliphatic heterocycles. The van der Waals surface area contributed by atoms with Gasteiger partial charge >= 0.3 is 0 Å². The zero-order valence-electron chi connectivity index (χ0n) is 13.5. The first-order chi connectivity index (χ1) is 9.96. The zero-order valence-corrected chi connectivity index (χ0v) is 14.4. The van der Waals surface area contributed by atoms with Gasteiger partial charge in [0.2, 0.25) is 0 Å². The van der Waals surface area contributed by atoms with Gasteiger partial charge in [0.1, 0.15) is 11.5 Å². The molecule has 0 N–H and O–H groups in total. The molecule has 0 aliphatic rings. The molecule has 2 rings (SSSR count). The molecule has 21 heavy (non-hydrogen) atoms. The third-order valence-corrected chi connectivity index (χ3v) is 4.44. The second-order valence-electron chi connectivity index (χ2n) is 5.33. The Kier molecular flexibility index (Phi) is 4.84. The van der Waals surface area contributed by atoms with E-state index in [-0.39, 0.29) is 0 Å². The molecule has 0 atom stereocenters. The SMILES string of the molecule is COc1c(C)cc(C)cc1Sc1cc(C)cc(C)c1OC. The number of rotatable bonds is 4. The number of methoxy groups -OCH3 is 2. The largest absolute Gasteiger partial charge is 0.495 e. The number of hydrogen-bond donors (Lipinski definition) is 0. The van der Waals surface area contributed by atoms with Gasteiger partial charge in [0.15, 0.2) is 0 Å². The molecule has 0 saturated carbocycles. The molecule has 2 aromatic carbocycles. The van der Waals surface area contributed by atoms with Crippen LogP contribution >= 0.6 is 11.8 Å². The van der Waals surface area contributed by atoms with Gasteiger partial charge in [0.25, 0.3) is 0 Å². The van der Waals surface area contributed by atoms with Crippen LogP contribution in [-0.2, 0) is 0 Å². The maximum absolute atomic E-state index is 5.58. The molecule has 0 bridgehead atoms. The summed E-state index contributed by atoms with van der Waals surface area (Å²) in [6, 6.07) is 8.60. The lowest BCUT2D eigenvalue weighted by Gasteiger charge is -2.16. The maximum atomic E-state index is 5.58. The van der Waals surface area contributed by atoms with E-state index in [9.17, 15) is 0 Å². The average molecular weight is 302 g/mol. The highest BCUT2D eigenvalue weighted by molar-refractivity contribution is 7.99. The van der Waals surface area contributed by atoms with E-state index in [1.54, 1.807) is 26.0 Å². The highest BCUT2D eigenvalue weighted by Crippen LogP contribution is 2.42. The van der Waals surface area contributed by atoms with E-state index < -0.39 is 0 Å². The minimum atomic E-state index is 0.937. The normalized spacial score (nSPS) is 10.6. The first kappa shape index (κ1) is 15.8. The van der Waals surface area contributed by atoms with Crippen molar-refractivity contribution in [1.29, 1.82) is 0 Å². The van der Waals surface area contributed by atoms with Gasteiger partial charge in [-0.05, 0) is 62.1 Å². The van der Waals surface area contributed by atoms with Gasteiger partial charge in [0, 0.05) is 0 Å². The van der Waals surface area contributed by atoms with E-state index >= 15 is 0 Å². The van der Waals surface area contributed by atoms with E-state index in [0.29, 0.717) is 0 Å². The van der Waals surface area contributed by atoms with Crippen LogP contribution in [0.3, 0.4) is 0 Å². The van der Waals surface area contributed by atoms with Gasteiger partial charge in [-0.3, -0.25) is 0 Å². The van der Waals surface area contributed by atoms with E-state index in [0.717, 1.165) is 32.4 Å². The van der Waals surface area contributed by atoms with Crippen molar-refractivity contribution in [2.24, 2.45) is 0 Å². The third kappa shape index (κ3) is 3.35. The molecule has 0 aromatic heterocycles. The van der Waals surface area contributed by atoms with Crippen LogP contribution in [0.25, 0.3) is 0 Å². The van der Waals surface area contributed by atoms with Crippen LogP contribution < -0.4 is 9.47 Å². The molecule has 0 radical (unpaired) electrons. The predicted molar refractivity (Wildman–Crippen MR) is 89.1 cm³/mol. The van der Waals surface area contributed by atoms with Gasteiger partial charge in [-0.25, -0.2) is 0 Å². The van der Waals surface area contributed by atoms with Crippen molar-refractivity contribution in [2.45, 2.75) is 37.5 Å². The molecule has 3 heteroatoms. The maximum Gasteiger partial charge on any atom is 0.135 e. The summed E-state index contributed by atoms with van der Waals surface area (Å²) in [6.45, 7) is 8.37. The molecule has 0 saturated heterocycles. The Hall–Kier alpha value is -1.61. The topological polar surface area (TPSA) is 18.5 Å². The highest BCUT2D eigenvalue weighted by Gasteiger charge is 2.14. The van der Waals surface area contributed by atoms with E-state index in [4.69, 9.17) is 9.47 Å². The number of hydrogen-bond acceptors (Lipinski definition) is 3. The third-order valence-electron chi connectivity index (χ3n) is 3.40. The quantitative estimate of drug-likeness (QED) is 0.784. The Morgan fingerprint density at radius 1 is 0.667 bits per heavy atom. The second kappa shape index (κ2) is 6.44. The molecule has 0 heterocycles. The van der Waals surface area contributed by atoms with Crippen molar-refractivity contribution in [3.05, 3.63) is 46.5 Å². The average Bonchev–Trinajstić information content (AvgIpc) is 2.37. The minimum Gasteiger partial charge on any atom is -0.495 e. The number of aryl methyl sites for hydroxylation is 4. The number of benzene rings is 2. The Bertz CT molecular complexity index is 605. The van der Waals surface area contributed by atoms with Crippen molar-refractivity contribution in [3.8, 4) is 11.5 Å². The monoisotopic (exact) mass is 302 g/mol. The molecule has 0 unspecified atom stereocenters. The van der Waals surface area contributed by atoms with Gasteiger partial charge in [-0.2, -0.15) is 0 Å². The summed E-state index contributed by atoms with van der Waals surface area (Å²) < 4.78 is 11.2. The van der Waals surface area contributed by atoms with Crippen LogP contribution in [0.15, 0.2) is 34.1 Å². The summed E-state index contributed by atoms with van der Waals surface area (Å²) in [5.74, 6) is 1.87. The van der Waals surface area contributed by atoms with Gasteiger partial charge < -0.3 is 9.47 Å². The van der Waals surface area contributed by atoms with Gasteiger partial charge in [0.05, 0.1) is 24.0 Å². The van der Waals surface area contributed by atoms with Gasteiger partial charge in [-0.15, -0.1) is 0 Å². The molecular weight excluding hydrogens is 280 g/mol. The molecular formula is C18H22O2S. The smallest absolute Gasteiger partial charge is 0.135 e.